The first-order chi connectivity index (χ1) is 6.31. The third-order valence-corrected chi connectivity index (χ3v) is 2.72. The minimum absolute atomic E-state index is 0.283. The van der Waals surface area contributed by atoms with Crippen LogP contribution in [-0.2, 0) is 5.88 Å². The molecule has 1 heterocycles. The molecule has 0 bridgehead atoms. The number of alkyl halides is 1. The number of anilines is 1. The zero-order chi connectivity index (χ0) is 9.26. The summed E-state index contributed by atoms with van der Waals surface area (Å²) in [5.74, 6) is 0.772. The Balaban J connectivity index is 2.05. The second kappa shape index (κ2) is 3.54. The Labute approximate surface area is 81.9 Å². The van der Waals surface area contributed by atoms with Crippen molar-refractivity contribution in [2.75, 3.05) is 11.9 Å². The number of rotatable bonds is 3. The third kappa shape index (κ3) is 1.63. The Morgan fingerprint density at radius 2 is 2.31 bits per heavy atom. The molecule has 1 aliphatic carbocycles. The highest BCUT2D eigenvalue weighted by Crippen LogP contribution is 2.27. The van der Waals surface area contributed by atoms with Crippen LogP contribution in [0.1, 0.15) is 25.2 Å². The first-order valence-corrected chi connectivity index (χ1v) is 4.96. The van der Waals surface area contributed by atoms with E-state index in [1.165, 1.54) is 19.3 Å². The average molecular weight is 202 g/mol. The number of hydrogen-bond donors (Lipinski definition) is 0. The molecule has 5 heteroatoms. The largest absolute Gasteiger partial charge is 0.407 e. The number of halogens is 1. The highest BCUT2D eigenvalue weighted by atomic mass is 35.5. The van der Waals surface area contributed by atoms with Crippen molar-refractivity contribution in [1.82, 2.24) is 10.2 Å². The maximum atomic E-state index is 5.56. The van der Waals surface area contributed by atoms with Gasteiger partial charge in [0.25, 0.3) is 0 Å². The van der Waals surface area contributed by atoms with Crippen LogP contribution in [0.2, 0.25) is 0 Å². The summed E-state index contributed by atoms with van der Waals surface area (Å²) in [6, 6.07) is 1.16. The molecule has 0 saturated heterocycles. The van der Waals surface area contributed by atoms with E-state index < -0.39 is 0 Å². The van der Waals surface area contributed by atoms with E-state index in [2.05, 4.69) is 10.2 Å². The van der Waals surface area contributed by atoms with E-state index in [-0.39, 0.29) is 5.88 Å². The van der Waals surface area contributed by atoms with E-state index in [0.29, 0.717) is 17.9 Å². The van der Waals surface area contributed by atoms with Crippen molar-refractivity contribution in [3.05, 3.63) is 5.89 Å². The van der Waals surface area contributed by atoms with Gasteiger partial charge in [0.15, 0.2) is 0 Å². The lowest BCUT2D eigenvalue weighted by Crippen LogP contribution is -2.37. The monoisotopic (exact) mass is 201 g/mol. The normalized spacial score (nSPS) is 17.1. The first-order valence-electron chi connectivity index (χ1n) is 4.42. The van der Waals surface area contributed by atoms with Gasteiger partial charge in [0.1, 0.15) is 5.88 Å². The minimum atomic E-state index is 0.283. The van der Waals surface area contributed by atoms with Crippen molar-refractivity contribution in [3.63, 3.8) is 0 Å². The quantitative estimate of drug-likeness (QED) is 0.700. The van der Waals surface area contributed by atoms with E-state index in [1.807, 2.05) is 11.9 Å². The summed E-state index contributed by atoms with van der Waals surface area (Å²) in [5, 5.41) is 7.72. The zero-order valence-electron chi connectivity index (χ0n) is 7.53. The fourth-order valence-corrected chi connectivity index (χ4v) is 1.48. The Morgan fingerprint density at radius 3 is 2.77 bits per heavy atom. The van der Waals surface area contributed by atoms with Gasteiger partial charge in [-0.25, -0.2) is 0 Å². The Hall–Kier alpha value is -0.770. The second-order valence-corrected chi connectivity index (χ2v) is 3.57. The lowest BCUT2D eigenvalue weighted by Gasteiger charge is -2.33. The smallest absolute Gasteiger partial charge is 0.318 e. The fraction of sp³-hybridized carbons (Fsp3) is 0.750. The summed E-state index contributed by atoms with van der Waals surface area (Å²) in [6.07, 6.45) is 3.73. The van der Waals surface area contributed by atoms with Gasteiger partial charge in [0, 0.05) is 13.1 Å². The topological polar surface area (TPSA) is 42.2 Å². The summed E-state index contributed by atoms with van der Waals surface area (Å²) < 4.78 is 5.32. The molecule has 0 N–H and O–H groups in total. The van der Waals surface area contributed by atoms with E-state index in [1.54, 1.807) is 0 Å². The van der Waals surface area contributed by atoms with Crippen LogP contribution in [0, 0.1) is 0 Å². The average Bonchev–Trinajstić information content (AvgIpc) is 2.48. The first kappa shape index (κ1) is 8.81. The molecule has 1 aliphatic rings. The lowest BCUT2D eigenvalue weighted by atomic mass is 9.92. The van der Waals surface area contributed by atoms with Crippen LogP contribution in [0.25, 0.3) is 0 Å². The molecule has 0 atom stereocenters. The molecule has 0 aromatic carbocycles. The Morgan fingerprint density at radius 1 is 1.54 bits per heavy atom. The highest BCUT2D eigenvalue weighted by Gasteiger charge is 2.25. The molecular weight excluding hydrogens is 190 g/mol. The minimum Gasteiger partial charge on any atom is -0.407 e. The van der Waals surface area contributed by atoms with Crippen LogP contribution in [0.3, 0.4) is 0 Å². The second-order valence-electron chi connectivity index (χ2n) is 3.31. The molecule has 1 aromatic rings. The van der Waals surface area contributed by atoms with Gasteiger partial charge in [-0.15, -0.1) is 16.7 Å². The molecule has 13 heavy (non-hydrogen) atoms. The van der Waals surface area contributed by atoms with Crippen LogP contribution in [-0.4, -0.2) is 23.3 Å². The van der Waals surface area contributed by atoms with Crippen LogP contribution < -0.4 is 4.90 Å². The van der Waals surface area contributed by atoms with Gasteiger partial charge >= 0.3 is 6.01 Å². The molecule has 4 nitrogen and oxygen atoms in total. The summed E-state index contributed by atoms with van der Waals surface area (Å²) in [7, 11) is 1.98. The van der Waals surface area contributed by atoms with E-state index >= 15 is 0 Å². The van der Waals surface area contributed by atoms with Crippen molar-refractivity contribution in [2.45, 2.75) is 31.2 Å². The maximum Gasteiger partial charge on any atom is 0.318 e. The molecule has 0 radical (unpaired) electrons. The van der Waals surface area contributed by atoms with Crippen LogP contribution in [0.4, 0.5) is 6.01 Å². The standard InChI is InChI=1S/C8H12ClN3O/c1-12(6-3-2-4-6)8-11-10-7(5-9)13-8/h6H,2-5H2,1H3. The van der Waals surface area contributed by atoms with Gasteiger partial charge in [-0.2, -0.15) is 0 Å². The predicted molar refractivity (Wildman–Crippen MR) is 49.9 cm³/mol. The Kier molecular flexibility index (Phi) is 2.40. The molecule has 0 aliphatic heterocycles. The van der Waals surface area contributed by atoms with Crippen molar-refractivity contribution < 1.29 is 4.42 Å². The molecule has 72 valence electrons. The zero-order valence-corrected chi connectivity index (χ0v) is 8.29. The van der Waals surface area contributed by atoms with Gasteiger partial charge in [-0.3, -0.25) is 0 Å². The molecule has 0 amide bonds. The highest BCUT2D eigenvalue weighted by molar-refractivity contribution is 6.16. The molecule has 1 fully saturated rings. The lowest BCUT2D eigenvalue weighted by molar-refractivity contribution is 0.375. The number of nitrogens with zero attached hydrogens (tertiary/aromatic N) is 3. The van der Waals surface area contributed by atoms with Crippen molar-refractivity contribution >= 4 is 17.6 Å². The molecule has 1 saturated carbocycles. The van der Waals surface area contributed by atoms with Gasteiger partial charge in [-0.05, 0) is 19.3 Å². The maximum absolute atomic E-state index is 5.56. The molecule has 1 aromatic heterocycles. The molecule has 2 rings (SSSR count). The number of aromatic nitrogens is 2. The van der Waals surface area contributed by atoms with E-state index in [4.69, 9.17) is 16.0 Å². The van der Waals surface area contributed by atoms with Gasteiger partial charge < -0.3 is 9.32 Å². The van der Waals surface area contributed by atoms with Crippen LogP contribution in [0.5, 0.6) is 0 Å². The third-order valence-electron chi connectivity index (χ3n) is 2.49. The van der Waals surface area contributed by atoms with Crippen molar-refractivity contribution in [2.24, 2.45) is 0 Å². The summed E-state index contributed by atoms with van der Waals surface area (Å²) in [4.78, 5) is 2.03. The molecule has 0 spiro atoms. The van der Waals surface area contributed by atoms with E-state index in [0.717, 1.165) is 0 Å². The van der Waals surface area contributed by atoms with Crippen molar-refractivity contribution in [3.8, 4) is 0 Å². The van der Waals surface area contributed by atoms with Crippen LogP contribution in [0.15, 0.2) is 4.42 Å². The fourth-order valence-electron chi connectivity index (χ4n) is 1.37. The SMILES string of the molecule is CN(c1nnc(CCl)o1)C1CCC1. The molecular formula is C8H12ClN3O. The van der Waals surface area contributed by atoms with Crippen LogP contribution >= 0.6 is 11.6 Å². The number of hydrogen-bond acceptors (Lipinski definition) is 4. The van der Waals surface area contributed by atoms with E-state index in [9.17, 15) is 0 Å². The predicted octanol–water partition coefficient (Wildman–Crippen LogP) is 1.80. The summed E-state index contributed by atoms with van der Waals surface area (Å²) in [6.45, 7) is 0. The van der Waals surface area contributed by atoms with Crippen molar-refractivity contribution in [1.29, 1.82) is 0 Å². The van der Waals surface area contributed by atoms with Gasteiger partial charge in [-0.1, -0.05) is 5.10 Å². The summed E-state index contributed by atoms with van der Waals surface area (Å²) >= 11 is 5.56. The molecule has 0 unspecified atom stereocenters. The van der Waals surface area contributed by atoms with Gasteiger partial charge in [0.2, 0.25) is 5.89 Å². The summed E-state index contributed by atoms with van der Waals surface area (Å²) in [5.41, 5.74) is 0. The Bertz CT molecular complexity index is 285. The van der Waals surface area contributed by atoms with Gasteiger partial charge in [0.05, 0.1) is 0 Å².